The summed E-state index contributed by atoms with van der Waals surface area (Å²) in [4.78, 5) is 21.0. The first kappa shape index (κ1) is 17.0. The van der Waals surface area contributed by atoms with Gasteiger partial charge in [-0.3, -0.25) is 4.79 Å². The van der Waals surface area contributed by atoms with Gasteiger partial charge in [0.2, 0.25) is 0 Å². The molecule has 26 heavy (non-hydrogen) atoms. The van der Waals surface area contributed by atoms with E-state index in [2.05, 4.69) is 25.9 Å². The minimum Gasteiger partial charge on any atom is -0.497 e. The van der Waals surface area contributed by atoms with E-state index in [-0.39, 0.29) is 5.56 Å². The number of methoxy groups -OCH3 is 1. The highest BCUT2D eigenvalue weighted by Crippen LogP contribution is 2.31. The Morgan fingerprint density at radius 3 is 2.54 bits per heavy atom. The van der Waals surface area contributed by atoms with Gasteiger partial charge in [-0.05, 0) is 35.4 Å². The Hall–Kier alpha value is -2.44. The summed E-state index contributed by atoms with van der Waals surface area (Å²) in [7, 11) is 1.64. The molecular weight excluding hydrogens is 412 g/mol. The first-order chi connectivity index (χ1) is 12.6. The van der Waals surface area contributed by atoms with Gasteiger partial charge in [-0.2, -0.15) is 0 Å². The second-order valence-corrected chi connectivity index (χ2v) is 7.65. The van der Waals surface area contributed by atoms with Crippen molar-refractivity contribution in [3.05, 3.63) is 80.1 Å². The molecule has 0 fully saturated rings. The maximum atomic E-state index is 12.7. The number of thiophene rings is 1. The van der Waals surface area contributed by atoms with Crippen LogP contribution in [-0.2, 0) is 6.42 Å². The third kappa shape index (κ3) is 3.30. The first-order valence-electron chi connectivity index (χ1n) is 8.03. The minimum atomic E-state index is -0.0994. The monoisotopic (exact) mass is 426 g/mol. The molecular formula is C20H15BrN2O2S. The average Bonchev–Trinajstić information content (AvgIpc) is 3.07. The van der Waals surface area contributed by atoms with Crippen LogP contribution in [-0.4, -0.2) is 17.1 Å². The van der Waals surface area contributed by atoms with Crippen LogP contribution in [0.5, 0.6) is 5.75 Å². The van der Waals surface area contributed by atoms with Gasteiger partial charge >= 0.3 is 0 Å². The lowest BCUT2D eigenvalue weighted by Gasteiger charge is -2.04. The Morgan fingerprint density at radius 1 is 1.12 bits per heavy atom. The van der Waals surface area contributed by atoms with Crippen molar-refractivity contribution >= 4 is 37.5 Å². The van der Waals surface area contributed by atoms with Crippen molar-refractivity contribution in [2.24, 2.45) is 0 Å². The molecule has 0 radical (unpaired) electrons. The molecule has 0 saturated heterocycles. The fourth-order valence-electron chi connectivity index (χ4n) is 2.86. The van der Waals surface area contributed by atoms with E-state index in [9.17, 15) is 4.79 Å². The van der Waals surface area contributed by atoms with Crippen LogP contribution in [0, 0.1) is 0 Å². The highest BCUT2D eigenvalue weighted by Gasteiger charge is 2.13. The molecule has 4 rings (SSSR count). The molecule has 0 bridgehead atoms. The Balaban J connectivity index is 1.71. The molecule has 0 aliphatic rings. The van der Waals surface area contributed by atoms with Gasteiger partial charge in [-0.1, -0.05) is 40.2 Å². The lowest BCUT2D eigenvalue weighted by molar-refractivity contribution is 0.414. The van der Waals surface area contributed by atoms with E-state index in [4.69, 9.17) is 4.74 Å². The number of aromatic nitrogens is 2. The number of rotatable bonds is 4. The molecule has 6 heteroatoms. The van der Waals surface area contributed by atoms with Crippen LogP contribution in [0.2, 0.25) is 0 Å². The van der Waals surface area contributed by atoms with Gasteiger partial charge in [0.05, 0.1) is 12.5 Å². The number of aromatic amines is 1. The van der Waals surface area contributed by atoms with E-state index in [0.717, 1.165) is 31.7 Å². The zero-order chi connectivity index (χ0) is 18.1. The van der Waals surface area contributed by atoms with Crippen molar-refractivity contribution in [3.63, 3.8) is 0 Å². The van der Waals surface area contributed by atoms with E-state index < -0.39 is 0 Å². The number of hydrogen-bond acceptors (Lipinski definition) is 4. The Kier molecular flexibility index (Phi) is 4.61. The van der Waals surface area contributed by atoms with E-state index in [1.54, 1.807) is 7.11 Å². The largest absolute Gasteiger partial charge is 0.497 e. The summed E-state index contributed by atoms with van der Waals surface area (Å²) in [5.74, 6) is 1.47. The van der Waals surface area contributed by atoms with E-state index in [1.807, 2.05) is 53.9 Å². The zero-order valence-corrected chi connectivity index (χ0v) is 16.4. The standard InChI is InChI=1S/C20H15BrN2O2S/c1-25-15-8-2-12(3-9-15)10-17-22-19(24)18-16(11-26-20(18)23-17)13-4-6-14(21)7-5-13/h2-9,11H,10H2,1H3,(H,22,23,24). The fraction of sp³-hybridized carbons (Fsp3) is 0.100. The molecule has 130 valence electrons. The van der Waals surface area contributed by atoms with Crippen molar-refractivity contribution in [1.29, 1.82) is 0 Å². The summed E-state index contributed by atoms with van der Waals surface area (Å²) in [5, 5.41) is 2.64. The minimum absolute atomic E-state index is 0.0994. The molecule has 0 aliphatic heterocycles. The predicted molar refractivity (Wildman–Crippen MR) is 109 cm³/mol. The summed E-state index contributed by atoms with van der Waals surface area (Å²) >= 11 is 4.93. The summed E-state index contributed by atoms with van der Waals surface area (Å²) < 4.78 is 6.18. The molecule has 2 heterocycles. The lowest BCUT2D eigenvalue weighted by Crippen LogP contribution is -2.11. The van der Waals surface area contributed by atoms with Crippen molar-refractivity contribution in [3.8, 4) is 16.9 Å². The van der Waals surface area contributed by atoms with Crippen molar-refractivity contribution in [2.45, 2.75) is 6.42 Å². The van der Waals surface area contributed by atoms with Gasteiger partial charge in [0.25, 0.3) is 5.56 Å². The third-order valence-electron chi connectivity index (χ3n) is 4.18. The number of hydrogen-bond donors (Lipinski definition) is 1. The maximum absolute atomic E-state index is 12.7. The van der Waals surface area contributed by atoms with Gasteiger partial charge in [0, 0.05) is 21.8 Å². The molecule has 1 N–H and O–H groups in total. The number of halogens is 1. The van der Waals surface area contributed by atoms with Crippen molar-refractivity contribution in [1.82, 2.24) is 9.97 Å². The second kappa shape index (κ2) is 7.05. The molecule has 0 saturated carbocycles. The molecule has 0 atom stereocenters. The number of fused-ring (bicyclic) bond motifs is 1. The Morgan fingerprint density at radius 2 is 1.85 bits per heavy atom. The molecule has 0 aliphatic carbocycles. The van der Waals surface area contributed by atoms with Gasteiger partial charge in [0.1, 0.15) is 16.4 Å². The first-order valence-corrected chi connectivity index (χ1v) is 9.70. The molecule has 0 spiro atoms. The van der Waals surface area contributed by atoms with Crippen LogP contribution in [0.3, 0.4) is 0 Å². The smallest absolute Gasteiger partial charge is 0.260 e. The van der Waals surface area contributed by atoms with E-state index >= 15 is 0 Å². The van der Waals surface area contributed by atoms with Crippen LogP contribution >= 0.6 is 27.3 Å². The number of ether oxygens (including phenoxy) is 1. The number of nitrogens with one attached hydrogen (secondary N) is 1. The average molecular weight is 427 g/mol. The van der Waals surface area contributed by atoms with Crippen LogP contribution in [0.1, 0.15) is 11.4 Å². The van der Waals surface area contributed by atoms with Crippen LogP contribution in [0.25, 0.3) is 21.3 Å². The highest BCUT2D eigenvalue weighted by molar-refractivity contribution is 9.10. The van der Waals surface area contributed by atoms with Crippen LogP contribution in [0.4, 0.5) is 0 Å². The number of nitrogens with zero attached hydrogens (tertiary/aromatic N) is 1. The SMILES string of the molecule is COc1ccc(Cc2nc3scc(-c4ccc(Br)cc4)c3c(=O)[nH]2)cc1. The molecule has 2 aromatic carbocycles. The normalized spacial score (nSPS) is 11.0. The Bertz CT molecular complexity index is 1120. The van der Waals surface area contributed by atoms with E-state index in [1.165, 1.54) is 11.3 Å². The molecule has 4 aromatic rings. The predicted octanol–water partition coefficient (Wildman–Crippen LogP) is 5.01. The van der Waals surface area contributed by atoms with E-state index in [0.29, 0.717) is 17.6 Å². The molecule has 0 unspecified atom stereocenters. The van der Waals surface area contributed by atoms with Gasteiger partial charge in [-0.15, -0.1) is 11.3 Å². The topological polar surface area (TPSA) is 55.0 Å². The zero-order valence-electron chi connectivity index (χ0n) is 14.0. The van der Waals surface area contributed by atoms with Crippen molar-refractivity contribution in [2.75, 3.05) is 7.11 Å². The molecule has 2 aromatic heterocycles. The van der Waals surface area contributed by atoms with Crippen molar-refractivity contribution < 1.29 is 4.74 Å². The van der Waals surface area contributed by atoms with Gasteiger partial charge < -0.3 is 9.72 Å². The number of H-pyrrole nitrogens is 1. The summed E-state index contributed by atoms with van der Waals surface area (Å²) in [5.41, 5.74) is 2.90. The fourth-order valence-corrected chi connectivity index (χ4v) is 4.09. The third-order valence-corrected chi connectivity index (χ3v) is 5.58. The lowest BCUT2D eigenvalue weighted by atomic mass is 10.1. The quantitative estimate of drug-likeness (QED) is 0.498. The van der Waals surface area contributed by atoms with Crippen LogP contribution in [0.15, 0.2) is 63.2 Å². The maximum Gasteiger partial charge on any atom is 0.260 e. The summed E-state index contributed by atoms with van der Waals surface area (Å²) in [6.07, 6.45) is 0.570. The van der Waals surface area contributed by atoms with Gasteiger partial charge in [0.15, 0.2) is 0 Å². The summed E-state index contributed by atoms with van der Waals surface area (Å²) in [6, 6.07) is 15.7. The van der Waals surface area contributed by atoms with Gasteiger partial charge in [-0.25, -0.2) is 4.98 Å². The van der Waals surface area contributed by atoms with Crippen LogP contribution < -0.4 is 10.3 Å². The number of benzene rings is 2. The molecule has 0 amide bonds. The highest BCUT2D eigenvalue weighted by atomic mass is 79.9. The molecule has 4 nitrogen and oxygen atoms in total. The summed E-state index contributed by atoms with van der Waals surface area (Å²) in [6.45, 7) is 0. The Labute approximate surface area is 162 Å². The second-order valence-electron chi connectivity index (χ2n) is 5.87.